The number of ether oxygens (including phenoxy) is 1. The van der Waals surface area contributed by atoms with Crippen molar-refractivity contribution in [2.75, 3.05) is 6.54 Å². The molecule has 0 aliphatic carbocycles. The van der Waals surface area contributed by atoms with Crippen molar-refractivity contribution in [3.8, 4) is 11.5 Å². The second-order valence-corrected chi connectivity index (χ2v) is 9.19. The maximum Gasteiger partial charge on any atom is 0.240 e. The first-order valence-electron chi connectivity index (χ1n) is 8.61. The lowest BCUT2D eigenvalue weighted by atomic mass is 10.2. The van der Waals surface area contributed by atoms with E-state index in [0.717, 1.165) is 5.56 Å². The number of benzene rings is 2. The highest BCUT2D eigenvalue weighted by atomic mass is 32.2. The van der Waals surface area contributed by atoms with E-state index >= 15 is 0 Å². The van der Waals surface area contributed by atoms with E-state index in [1.807, 2.05) is 12.1 Å². The number of pyridine rings is 1. The Morgan fingerprint density at radius 1 is 1.14 bits per heavy atom. The van der Waals surface area contributed by atoms with Crippen LogP contribution in [-0.4, -0.2) is 19.9 Å². The third-order valence-electron chi connectivity index (χ3n) is 4.30. The Morgan fingerprint density at radius 2 is 1.96 bits per heavy atom. The Morgan fingerprint density at radius 3 is 2.75 bits per heavy atom. The number of nitrogens with zero attached hydrogens (tertiary/aromatic N) is 1. The summed E-state index contributed by atoms with van der Waals surface area (Å²) >= 11 is 1.29. The van der Waals surface area contributed by atoms with E-state index in [4.69, 9.17) is 4.74 Å². The largest absolute Gasteiger partial charge is 0.455 e. The SMILES string of the molecule is Cc1cc2c(cc1S(=O)(=O)NCCc1cccnc1)Sc1cc(F)ccc1O2. The zero-order valence-corrected chi connectivity index (χ0v) is 16.6. The van der Waals surface area contributed by atoms with Crippen molar-refractivity contribution in [1.29, 1.82) is 0 Å². The van der Waals surface area contributed by atoms with Gasteiger partial charge in [0.2, 0.25) is 10.0 Å². The Balaban J connectivity index is 1.56. The summed E-state index contributed by atoms with van der Waals surface area (Å²) in [5.41, 5.74) is 1.54. The van der Waals surface area contributed by atoms with Crippen molar-refractivity contribution >= 4 is 21.8 Å². The molecule has 8 heteroatoms. The lowest BCUT2D eigenvalue weighted by molar-refractivity contribution is 0.450. The van der Waals surface area contributed by atoms with Crippen molar-refractivity contribution in [1.82, 2.24) is 9.71 Å². The molecule has 0 bridgehead atoms. The molecule has 0 fully saturated rings. The second-order valence-electron chi connectivity index (χ2n) is 6.37. The number of fused-ring (bicyclic) bond motifs is 2. The summed E-state index contributed by atoms with van der Waals surface area (Å²) in [4.78, 5) is 5.46. The van der Waals surface area contributed by atoms with Crippen LogP contribution in [0, 0.1) is 12.7 Å². The fourth-order valence-electron chi connectivity index (χ4n) is 2.93. The van der Waals surface area contributed by atoms with Gasteiger partial charge in [-0.15, -0.1) is 0 Å². The van der Waals surface area contributed by atoms with E-state index in [1.54, 1.807) is 37.5 Å². The first-order chi connectivity index (χ1) is 13.4. The number of halogens is 1. The Labute approximate surface area is 167 Å². The quantitative estimate of drug-likeness (QED) is 0.525. The lowest BCUT2D eigenvalue weighted by Crippen LogP contribution is -2.26. The van der Waals surface area contributed by atoms with Crippen LogP contribution in [0.1, 0.15) is 11.1 Å². The summed E-state index contributed by atoms with van der Waals surface area (Å²) in [6, 6.07) is 11.3. The van der Waals surface area contributed by atoms with Gasteiger partial charge >= 0.3 is 0 Å². The third kappa shape index (κ3) is 3.89. The average Bonchev–Trinajstić information content (AvgIpc) is 2.66. The monoisotopic (exact) mass is 416 g/mol. The van der Waals surface area contributed by atoms with Gasteiger partial charge in [-0.2, -0.15) is 0 Å². The van der Waals surface area contributed by atoms with Crippen molar-refractivity contribution < 1.29 is 17.5 Å². The van der Waals surface area contributed by atoms with Gasteiger partial charge in [-0.1, -0.05) is 17.8 Å². The first-order valence-corrected chi connectivity index (χ1v) is 10.9. The molecule has 1 aliphatic rings. The summed E-state index contributed by atoms with van der Waals surface area (Å²) < 4.78 is 47.5. The van der Waals surface area contributed by atoms with Crippen LogP contribution in [0.5, 0.6) is 11.5 Å². The van der Waals surface area contributed by atoms with Crippen LogP contribution in [0.25, 0.3) is 0 Å². The molecule has 3 aromatic rings. The van der Waals surface area contributed by atoms with Crippen LogP contribution < -0.4 is 9.46 Å². The highest BCUT2D eigenvalue weighted by Crippen LogP contribution is 2.48. The van der Waals surface area contributed by atoms with Gasteiger partial charge in [0.05, 0.1) is 14.7 Å². The molecule has 2 heterocycles. The number of rotatable bonds is 5. The molecule has 2 aromatic carbocycles. The molecule has 0 spiro atoms. The molecular weight excluding hydrogens is 399 g/mol. The highest BCUT2D eigenvalue weighted by Gasteiger charge is 2.24. The van der Waals surface area contributed by atoms with Crippen molar-refractivity contribution in [2.24, 2.45) is 0 Å². The summed E-state index contributed by atoms with van der Waals surface area (Å²) in [5, 5.41) is 0. The molecule has 0 unspecified atom stereocenters. The molecule has 0 saturated heterocycles. The van der Waals surface area contributed by atoms with Crippen molar-refractivity contribution in [3.05, 3.63) is 71.8 Å². The van der Waals surface area contributed by atoms with E-state index in [-0.39, 0.29) is 17.3 Å². The van der Waals surface area contributed by atoms with Crippen LogP contribution in [0.2, 0.25) is 0 Å². The molecular formula is C20H17FN2O3S2. The van der Waals surface area contributed by atoms with Gasteiger partial charge in [0, 0.05) is 18.9 Å². The van der Waals surface area contributed by atoms with Gasteiger partial charge < -0.3 is 4.74 Å². The predicted molar refractivity (Wildman–Crippen MR) is 105 cm³/mol. The molecule has 1 aromatic heterocycles. The Hall–Kier alpha value is -2.42. The minimum Gasteiger partial charge on any atom is -0.455 e. The molecule has 0 saturated carbocycles. The standard InChI is InChI=1S/C20H17FN2O3S2/c1-13-9-17-19(27-18-10-15(21)4-5-16(18)26-17)11-20(13)28(24,25)23-8-6-14-3-2-7-22-12-14/h2-5,7,9-12,23H,6,8H2,1H3. The molecule has 5 nitrogen and oxygen atoms in total. The number of sulfonamides is 1. The van der Waals surface area contributed by atoms with Crippen molar-refractivity contribution in [3.63, 3.8) is 0 Å². The minimum atomic E-state index is -3.69. The van der Waals surface area contributed by atoms with Crippen molar-refractivity contribution in [2.45, 2.75) is 28.0 Å². The maximum atomic E-state index is 13.5. The van der Waals surface area contributed by atoms with Crippen LogP contribution in [-0.2, 0) is 16.4 Å². The molecule has 1 aliphatic heterocycles. The summed E-state index contributed by atoms with van der Waals surface area (Å²) in [6.45, 7) is 1.99. The van der Waals surface area contributed by atoms with Gasteiger partial charge in [-0.05, 0) is 60.9 Å². The zero-order chi connectivity index (χ0) is 19.7. The number of hydrogen-bond acceptors (Lipinski definition) is 5. The van der Waals surface area contributed by atoms with E-state index in [9.17, 15) is 12.8 Å². The molecule has 144 valence electrons. The van der Waals surface area contributed by atoms with Gasteiger partial charge in [0.1, 0.15) is 17.3 Å². The Bertz CT molecular complexity index is 1140. The fourth-order valence-corrected chi connectivity index (χ4v) is 5.28. The highest BCUT2D eigenvalue weighted by molar-refractivity contribution is 7.99. The predicted octanol–water partition coefficient (Wildman–Crippen LogP) is 4.31. The molecule has 1 N–H and O–H groups in total. The zero-order valence-electron chi connectivity index (χ0n) is 15.0. The van der Waals surface area contributed by atoms with Gasteiger partial charge in [-0.25, -0.2) is 17.5 Å². The lowest BCUT2D eigenvalue weighted by Gasteiger charge is -2.21. The van der Waals surface area contributed by atoms with E-state index in [0.29, 0.717) is 33.3 Å². The summed E-state index contributed by atoms with van der Waals surface area (Å²) in [5.74, 6) is 0.759. The Kier molecular flexibility index (Phi) is 5.09. The van der Waals surface area contributed by atoms with E-state index in [1.165, 1.54) is 23.9 Å². The normalized spacial score (nSPS) is 12.8. The maximum absolute atomic E-state index is 13.5. The third-order valence-corrected chi connectivity index (χ3v) is 6.99. The first kappa shape index (κ1) is 18.9. The average molecular weight is 416 g/mol. The van der Waals surface area contributed by atoms with Gasteiger partial charge in [-0.3, -0.25) is 4.98 Å². The number of hydrogen-bond donors (Lipinski definition) is 1. The van der Waals surface area contributed by atoms with Crippen LogP contribution in [0.4, 0.5) is 4.39 Å². The minimum absolute atomic E-state index is 0.188. The summed E-state index contributed by atoms with van der Waals surface area (Å²) in [6.07, 6.45) is 3.93. The fraction of sp³-hybridized carbons (Fsp3) is 0.150. The van der Waals surface area contributed by atoms with Gasteiger partial charge in [0.25, 0.3) is 0 Å². The van der Waals surface area contributed by atoms with E-state index in [2.05, 4.69) is 9.71 Å². The second kappa shape index (κ2) is 7.54. The van der Waals surface area contributed by atoms with Crippen LogP contribution in [0.15, 0.2) is 69.5 Å². The topological polar surface area (TPSA) is 68.3 Å². The molecule has 4 rings (SSSR count). The number of aryl methyl sites for hydroxylation is 1. The molecule has 0 radical (unpaired) electrons. The molecule has 0 atom stereocenters. The van der Waals surface area contributed by atoms with Crippen LogP contribution in [0.3, 0.4) is 0 Å². The molecule has 28 heavy (non-hydrogen) atoms. The smallest absolute Gasteiger partial charge is 0.240 e. The number of nitrogens with one attached hydrogen (secondary N) is 1. The number of aromatic nitrogens is 1. The van der Waals surface area contributed by atoms with Gasteiger partial charge in [0.15, 0.2) is 0 Å². The summed E-state index contributed by atoms with van der Waals surface area (Å²) in [7, 11) is -3.69. The van der Waals surface area contributed by atoms with E-state index < -0.39 is 10.0 Å². The van der Waals surface area contributed by atoms with Crippen LogP contribution >= 0.6 is 11.8 Å². The molecule has 0 amide bonds.